The van der Waals surface area contributed by atoms with Crippen molar-refractivity contribution in [2.45, 2.75) is 4.21 Å². The maximum atomic E-state index is 12.6. The summed E-state index contributed by atoms with van der Waals surface area (Å²) in [5.74, 6) is -0.299. The second kappa shape index (κ2) is 14.1. The van der Waals surface area contributed by atoms with E-state index in [1.165, 1.54) is 66.7 Å². The van der Waals surface area contributed by atoms with Crippen molar-refractivity contribution in [3.05, 3.63) is 77.9 Å². The molecule has 0 radical (unpaired) electrons. The largest absolute Gasteiger partial charge is 0.508 e. The standard InChI is InChI=1S/C27H28N3O11PS2/c31-20-5-1-17(2-6-20)26(33)28-9-11-40-22-13-19-14-25(44(38,39)30-16-42(35,36)37)43-24(19)15-23(22)41-12-10-29-27(34)18-3-7-21(32)8-4-18/h1-8,13-15,30-32H,9-12,16H2,(H,28,33)(H,29,34)(H2,35,36,37). The van der Waals surface area contributed by atoms with Crippen molar-refractivity contribution >= 4 is 50.9 Å². The van der Waals surface area contributed by atoms with Gasteiger partial charge in [-0.15, -0.1) is 11.3 Å². The Balaban J connectivity index is 1.46. The summed E-state index contributed by atoms with van der Waals surface area (Å²) in [6.07, 6.45) is -1.06. The molecule has 0 aliphatic heterocycles. The highest BCUT2D eigenvalue weighted by Crippen LogP contribution is 2.39. The van der Waals surface area contributed by atoms with Gasteiger partial charge in [0.05, 0.1) is 13.1 Å². The minimum atomic E-state index is -4.63. The Hall–Kier alpha value is -4.18. The van der Waals surface area contributed by atoms with E-state index in [0.29, 0.717) is 21.2 Å². The van der Waals surface area contributed by atoms with Crippen molar-refractivity contribution in [2.75, 3.05) is 32.6 Å². The molecular weight excluding hydrogens is 637 g/mol. The lowest BCUT2D eigenvalue weighted by atomic mass is 10.2. The van der Waals surface area contributed by atoms with Crippen molar-refractivity contribution < 1.29 is 52.0 Å². The number of ether oxygens (including phenoxy) is 2. The Labute approximate surface area is 255 Å². The molecule has 2 amide bonds. The van der Waals surface area contributed by atoms with Crippen LogP contribution in [0, 0.1) is 0 Å². The van der Waals surface area contributed by atoms with Gasteiger partial charge >= 0.3 is 7.60 Å². The first-order chi connectivity index (χ1) is 20.8. The van der Waals surface area contributed by atoms with Crippen LogP contribution in [-0.2, 0) is 14.6 Å². The van der Waals surface area contributed by atoms with E-state index in [9.17, 15) is 32.8 Å². The van der Waals surface area contributed by atoms with Crippen LogP contribution < -0.4 is 24.8 Å². The molecule has 7 N–H and O–H groups in total. The molecule has 17 heteroatoms. The fourth-order valence-corrected chi connectivity index (χ4v) is 7.17. The Morgan fingerprint density at radius 3 is 1.73 bits per heavy atom. The number of thiophene rings is 1. The summed E-state index contributed by atoms with van der Waals surface area (Å²) < 4.78 is 50.3. The molecule has 0 spiro atoms. The Morgan fingerprint density at radius 2 is 1.25 bits per heavy atom. The fourth-order valence-electron chi connectivity index (χ4n) is 3.70. The zero-order valence-electron chi connectivity index (χ0n) is 22.8. The normalized spacial score (nSPS) is 11.7. The minimum absolute atomic E-state index is 0.00239. The van der Waals surface area contributed by atoms with Crippen LogP contribution in [0.4, 0.5) is 0 Å². The number of sulfonamides is 1. The molecule has 3 aromatic carbocycles. The van der Waals surface area contributed by atoms with Crippen LogP contribution in [0.1, 0.15) is 20.7 Å². The van der Waals surface area contributed by atoms with Crippen molar-refractivity contribution in [1.29, 1.82) is 0 Å². The van der Waals surface area contributed by atoms with Gasteiger partial charge in [-0.25, -0.2) is 8.42 Å². The van der Waals surface area contributed by atoms with Crippen molar-refractivity contribution in [2.24, 2.45) is 0 Å². The Morgan fingerprint density at radius 1 is 0.773 bits per heavy atom. The summed E-state index contributed by atoms with van der Waals surface area (Å²) in [5, 5.41) is 24.6. The lowest BCUT2D eigenvalue weighted by Gasteiger charge is -2.14. The summed E-state index contributed by atoms with van der Waals surface area (Å²) in [6, 6.07) is 15.8. The molecule has 0 bridgehead atoms. The maximum Gasteiger partial charge on any atom is 0.340 e. The number of rotatable bonds is 14. The Kier molecular flexibility index (Phi) is 10.5. The summed E-state index contributed by atoms with van der Waals surface area (Å²) in [4.78, 5) is 42.8. The minimum Gasteiger partial charge on any atom is -0.508 e. The molecule has 234 valence electrons. The van der Waals surface area contributed by atoms with Crippen LogP contribution in [0.2, 0.25) is 0 Å². The second-order valence-electron chi connectivity index (χ2n) is 9.18. The molecule has 1 heterocycles. The molecule has 0 aliphatic carbocycles. The van der Waals surface area contributed by atoms with Gasteiger partial charge in [0.1, 0.15) is 35.2 Å². The zero-order chi connectivity index (χ0) is 31.9. The van der Waals surface area contributed by atoms with Crippen LogP contribution in [0.25, 0.3) is 10.1 Å². The highest BCUT2D eigenvalue weighted by Gasteiger charge is 2.23. The van der Waals surface area contributed by atoms with E-state index in [4.69, 9.17) is 19.3 Å². The van der Waals surface area contributed by atoms with E-state index >= 15 is 0 Å². The molecule has 0 unspecified atom stereocenters. The Bertz CT molecular complexity index is 1690. The molecule has 0 aliphatic rings. The number of hydrogen-bond donors (Lipinski definition) is 7. The van der Waals surface area contributed by atoms with Crippen LogP contribution in [-0.4, -0.2) is 72.8 Å². The van der Waals surface area contributed by atoms with E-state index in [2.05, 4.69) is 10.6 Å². The summed E-state index contributed by atoms with van der Waals surface area (Å²) in [6.45, 7) is 0.192. The number of fused-ring (bicyclic) bond motifs is 1. The van der Waals surface area contributed by atoms with Gasteiger partial charge in [-0.05, 0) is 66.0 Å². The van der Waals surface area contributed by atoms with Crippen LogP contribution in [0.15, 0.2) is 70.9 Å². The summed E-state index contributed by atoms with van der Waals surface area (Å²) in [7, 11) is -8.86. The number of aromatic hydroxyl groups is 2. The topological polar surface area (TPSA) is 221 Å². The van der Waals surface area contributed by atoms with E-state index in [-0.39, 0.29) is 65.3 Å². The highest BCUT2D eigenvalue weighted by atomic mass is 32.2. The predicted molar refractivity (Wildman–Crippen MR) is 161 cm³/mol. The number of phenols is 2. The lowest BCUT2D eigenvalue weighted by molar-refractivity contribution is 0.0937. The second-order valence-corrected chi connectivity index (χ2v) is 13.9. The van der Waals surface area contributed by atoms with Crippen molar-refractivity contribution in [3.8, 4) is 23.0 Å². The molecule has 4 aromatic rings. The van der Waals surface area contributed by atoms with Gasteiger partial charge in [0.2, 0.25) is 0 Å². The molecule has 0 fully saturated rings. The van der Waals surface area contributed by atoms with E-state index in [1.807, 2.05) is 4.72 Å². The fraction of sp³-hybridized carbons (Fsp3) is 0.185. The average molecular weight is 666 g/mol. The smallest absolute Gasteiger partial charge is 0.340 e. The molecular formula is C27H28N3O11PS2. The number of carbonyl (C=O) groups is 2. The first-order valence-electron chi connectivity index (χ1n) is 12.8. The third-order valence-electron chi connectivity index (χ3n) is 5.83. The monoisotopic (exact) mass is 665 g/mol. The van der Waals surface area contributed by atoms with Gasteiger partial charge in [0, 0.05) is 21.9 Å². The predicted octanol–water partition coefficient (Wildman–Crippen LogP) is 2.34. The van der Waals surface area contributed by atoms with Gasteiger partial charge in [-0.3, -0.25) is 14.2 Å². The van der Waals surface area contributed by atoms with Gasteiger partial charge < -0.3 is 40.1 Å². The molecule has 0 saturated carbocycles. The number of benzene rings is 3. The summed E-state index contributed by atoms with van der Waals surface area (Å²) >= 11 is 0.847. The molecule has 44 heavy (non-hydrogen) atoms. The van der Waals surface area contributed by atoms with Crippen molar-refractivity contribution in [3.63, 3.8) is 0 Å². The third kappa shape index (κ3) is 9.16. The van der Waals surface area contributed by atoms with Crippen LogP contribution >= 0.6 is 18.9 Å². The molecule has 14 nitrogen and oxygen atoms in total. The van der Waals surface area contributed by atoms with Gasteiger partial charge in [0.15, 0.2) is 11.5 Å². The number of hydrogen-bond acceptors (Lipinski definition) is 10. The van der Waals surface area contributed by atoms with Crippen molar-refractivity contribution in [1.82, 2.24) is 15.4 Å². The third-order valence-corrected chi connectivity index (χ3v) is 9.59. The SMILES string of the molecule is O=C(NCCOc1cc2cc(S(=O)(=O)NCP(=O)(O)O)sc2cc1OCCNC(=O)c1ccc(O)cc1)c1ccc(O)cc1. The number of amides is 2. The molecule has 4 rings (SSSR count). The summed E-state index contributed by atoms with van der Waals surface area (Å²) in [5.41, 5.74) is 0.671. The molecule has 0 saturated heterocycles. The molecule has 1 aromatic heterocycles. The van der Waals surface area contributed by atoms with Crippen LogP contribution in [0.5, 0.6) is 23.0 Å². The average Bonchev–Trinajstić information content (AvgIpc) is 3.40. The molecule has 0 atom stereocenters. The first-order valence-corrected chi connectivity index (χ1v) is 16.9. The van der Waals surface area contributed by atoms with E-state index < -0.39 is 23.9 Å². The zero-order valence-corrected chi connectivity index (χ0v) is 25.3. The highest BCUT2D eigenvalue weighted by molar-refractivity contribution is 7.92. The number of nitrogens with one attached hydrogen (secondary N) is 3. The maximum absolute atomic E-state index is 12.6. The van der Waals surface area contributed by atoms with E-state index in [0.717, 1.165) is 11.3 Å². The van der Waals surface area contributed by atoms with Crippen LogP contribution in [0.3, 0.4) is 0 Å². The van der Waals surface area contributed by atoms with Gasteiger partial charge in [-0.2, -0.15) is 4.72 Å². The first kappa shape index (κ1) is 32.7. The quantitative estimate of drug-likeness (QED) is 0.0765. The van der Waals surface area contributed by atoms with Gasteiger partial charge in [0.25, 0.3) is 21.8 Å². The lowest BCUT2D eigenvalue weighted by Crippen LogP contribution is -2.28. The number of carbonyl (C=O) groups excluding carboxylic acids is 2. The number of phenolic OH excluding ortho intramolecular Hbond substituents is 2. The van der Waals surface area contributed by atoms with Gasteiger partial charge in [-0.1, -0.05) is 0 Å². The van der Waals surface area contributed by atoms with E-state index in [1.54, 1.807) is 0 Å².